The largest absolute Gasteiger partial charge is 0.356 e. The van der Waals surface area contributed by atoms with Gasteiger partial charge >= 0.3 is 0 Å². The van der Waals surface area contributed by atoms with Crippen LogP contribution in [0.25, 0.3) is 16.2 Å². The Balaban J connectivity index is 1.52. The number of fused-ring (bicyclic) bond motifs is 1. The number of nitrogens with zero attached hydrogens (tertiary/aromatic N) is 3. The Morgan fingerprint density at radius 2 is 2.00 bits per heavy atom. The van der Waals surface area contributed by atoms with Crippen LogP contribution in [-0.2, 0) is 11.3 Å². The molecule has 0 aliphatic heterocycles. The van der Waals surface area contributed by atoms with Gasteiger partial charge in [0, 0.05) is 24.7 Å². The predicted molar refractivity (Wildman–Crippen MR) is 104 cm³/mol. The summed E-state index contributed by atoms with van der Waals surface area (Å²) in [7, 11) is 0. The number of aromatic nitrogens is 3. The highest BCUT2D eigenvalue weighted by atomic mass is 32.1. The van der Waals surface area contributed by atoms with Gasteiger partial charge in [-0.1, -0.05) is 53.8 Å². The Labute approximate surface area is 154 Å². The van der Waals surface area contributed by atoms with Crippen LogP contribution >= 0.6 is 11.3 Å². The lowest BCUT2D eigenvalue weighted by atomic mass is 10.1. The van der Waals surface area contributed by atoms with E-state index >= 15 is 0 Å². The van der Waals surface area contributed by atoms with Crippen LogP contribution in [0.1, 0.15) is 12.5 Å². The molecular formula is C19H17N5OS. The molecule has 0 spiro atoms. The Morgan fingerprint density at radius 3 is 2.77 bits per heavy atom. The smallest absolute Gasteiger partial charge is 0.221 e. The van der Waals surface area contributed by atoms with Crippen LogP contribution in [0.2, 0.25) is 0 Å². The summed E-state index contributed by atoms with van der Waals surface area (Å²) in [4.78, 5) is 16.7. The van der Waals surface area contributed by atoms with Crippen molar-refractivity contribution in [2.45, 2.75) is 13.5 Å². The first-order valence-electron chi connectivity index (χ1n) is 8.19. The van der Waals surface area contributed by atoms with Gasteiger partial charge < -0.3 is 10.6 Å². The molecule has 2 N–H and O–H groups in total. The number of carbonyl (C=O) groups excluding carboxylic acids is 1. The van der Waals surface area contributed by atoms with Gasteiger partial charge in [0.1, 0.15) is 0 Å². The number of amides is 1. The van der Waals surface area contributed by atoms with Gasteiger partial charge in [-0.3, -0.25) is 4.79 Å². The maximum absolute atomic E-state index is 11.2. The van der Waals surface area contributed by atoms with Crippen LogP contribution in [0.3, 0.4) is 0 Å². The van der Waals surface area contributed by atoms with Crippen molar-refractivity contribution < 1.29 is 4.79 Å². The Morgan fingerprint density at radius 1 is 1.15 bits per heavy atom. The number of carbonyl (C=O) groups is 1. The van der Waals surface area contributed by atoms with Gasteiger partial charge in [-0.15, -0.1) is 5.10 Å². The number of hydrogen-bond acceptors (Lipinski definition) is 5. The Hall–Kier alpha value is -3.19. The lowest BCUT2D eigenvalue weighted by molar-refractivity contribution is -0.114. The van der Waals surface area contributed by atoms with Crippen LogP contribution in [0, 0.1) is 0 Å². The molecule has 130 valence electrons. The number of imidazole rings is 1. The molecule has 26 heavy (non-hydrogen) atoms. The van der Waals surface area contributed by atoms with Crippen molar-refractivity contribution in [2.24, 2.45) is 0 Å². The second-order valence-corrected chi connectivity index (χ2v) is 6.82. The molecule has 2 aromatic carbocycles. The van der Waals surface area contributed by atoms with Crippen molar-refractivity contribution in [3.8, 4) is 11.3 Å². The molecule has 4 aromatic rings. The molecule has 7 heteroatoms. The Bertz CT molecular complexity index is 1020. The van der Waals surface area contributed by atoms with Gasteiger partial charge in [0.25, 0.3) is 0 Å². The Kier molecular flexibility index (Phi) is 4.37. The first-order chi connectivity index (χ1) is 12.7. The maximum atomic E-state index is 11.2. The second-order valence-electron chi connectivity index (χ2n) is 5.86. The normalized spacial score (nSPS) is 10.8. The van der Waals surface area contributed by atoms with Crippen LogP contribution in [0.15, 0.2) is 60.8 Å². The molecule has 0 saturated heterocycles. The number of benzene rings is 2. The van der Waals surface area contributed by atoms with E-state index in [-0.39, 0.29) is 5.91 Å². The molecule has 6 nitrogen and oxygen atoms in total. The van der Waals surface area contributed by atoms with E-state index in [1.54, 1.807) is 4.52 Å². The molecular weight excluding hydrogens is 346 g/mol. The van der Waals surface area contributed by atoms with E-state index in [0.717, 1.165) is 33.6 Å². The molecule has 0 atom stereocenters. The second kappa shape index (κ2) is 6.97. The fourth-order valence-corrected chi connectivity index (χ4v) is 3.42. The molecule has 0 aliphatic rings. The average molecular weight is 363 g/mol. The van der Waals surface area contributed by atoms with Crippen molar-refractivity contribution in [2.75, 3.05) is 10.6 Å². The van der Waals surface area contributed by atoms with E-state index in [0.29, 0.717) is 0 Å². The third kappa shape index (κ3) is 3.57. The molecule has 0 bridgehead atoms. The van der Waals surface area contributed by atoms with Gasteiger partial charge in [0.15, 0.2) is 0 Å². The highest BCUT2D eigenvalue weighted by molar-refractivity contribution is 7.20. The van der Waals surface area contributed by atoms with Gasteiger partial charge in [-0.2, -0.15) is 0 Å². The molecule has 0 radical (unpaired) electrons. The zero-order valence-corrected chi connectivity index (χ0v) is 15.0. The quantitative estimate of drug-likeness (QED) is 0.562. The monoisotopic (exact) mass is 363 g/mol. The van der Waals surface area contributed by atoms with Gasteiger partial charge in [-0.05, 0) is 17.7 Å². The van der Waals surface area contributed by atoms with Gasteiger partial charge in [-0.25, -0.2) is 9.50 Å². The van der Waals surface area contributed by atoms with Gasteiger partial charge in [0.2, 0.25) is 16.0 Å². The fourth-order valence-electron chi connectivity index (χ4n) is 2.64. The summed E-state index contributed by atoms with van der Waals surface area (Å²) in [5.74, 6) is -0.0937. The topological polar surface area (TPSA) is 71.3 Å². The van der Waals surface area contributed by atoms with Crippen LogP contribution in [0.4, 0.5) is 10.8 Å². The highest BCUT2D eigenvalue weighted by Crippen LogP contribution is 2.26. The molecule has 0 fully saturated rings. The summed E-state index contributed by atoms with van der Waals surface area (Å²) in [5.41, 5.74) is 3.72. The van der Waals surface area contributed by atoms with Crippen molar-refractivity contribution in [1.29, 1.82) is 0 Å². The van der Waals surface area contributed by atoms with Crippen molar-refractivity contribution in [3.05, 3.63) is 66.4 Å². The van der Waals surface area contributed by atoms with Crippen LogP contribution in [-0.4, -0.2) is 20.5 Å². The number of hydrogen-bond donors (Lipinski definition) is 2. The van der Waals surface area contributed by atoms with Crippen molar-refractivity contribution in [1.82, 2.24) is 14.6 Å². The standard InChI is InChI=1S/C19H17N5OS/c1-13(25)21-16-9-5-8-15(10-16)17-12-24-19(22-17)26-18(23-24)20-11-14-6-3-2-4-7-14/h2-10,12H,11H2,1H3,(H,20,23)(H,21,25). The lowest BCUT2D eigenvalue weighted by Gasteiger charge is -2.03. The van der Waals surface area contributed by atoms with E-state index in [4.69, 9.17) is 0 Å². The van der Waals surface area contributed by atoms with E-state index in [1.807, 2.05) is 48.7 Å². The lowest BCUT2D eigenvalue weighted by Crippen LogP contribution is -2.05. The summed E-state index contributed by atoms with van der Waals surface area (Å²) >= 11 is 1.51. The number of anilines is 2. The van der Waals surface area contributed by atoms with E-state index < -0.39 is 0 Å². The minimum Gasteiger partial charge on any atom is -0.356 e. The highest BCUT2D eigenvalue weighted by Gasteiger charge is 2.10. The maximum Gasteiger partial charge on any atom is 0.221 e. The first-order valence-corrected chi connectivity index (χ1v) is 9.01. The first kappa shape index (κ1) is 16.3. The number of nitrogens with one attached hydrogen (secondary N) is 2. The zero-order valence-electron chi connectivity index (χ0n) is 14.1. The molecule has 2 heterocycles. The van der Waals surface area contributed by atoms with Gasteiger partial charge in [0.05, 0.1) is 11.9 Å². The third-order valence-corrected chi connectivity index (χ3v) is 4.69. The molecule has 0 aliphatic carbocycles. The molecule has 0 saturated carbocycles. The van der Waals surface area contributed by atoms with Crippen LogP contribution < -0.4 is 10.6 Å². The fraction of sp³-hybridized carbons (Fsp3) is 0.105. The minimum absolute atomic E-state index is 0.0937. The summed E-state index contributed by atoms with van der Waals surface area (Å²) in [5, 5.41) is 11.5. The van der Waals surface area contributed by atoms with Crippen molar-refractivity contribution >= 4 is 33.0 Å². The van der Waals surface area contributed by atoms with Crippen molar-refractivity contribution in [3.63, 3.8) is 0 Å². The minimum atomic E-state index is -0.0937. The predicted octanol–water partition coefficient (Wildman–Crippen LogP) is 4.03. The summed E-state index contributed by atoms with van der Waals surface area (Å²) in [6.07, 6.45) is 1.90. The van der Waals surface area contributed by atoms with Crippen LogP contribution in [0.5, 0.6) is 0 Å². The summed E-state index contributed by atoms with van der Waals surface area (Å²) in [6, 6.07) is 17.8. The summed E-state index contributed by atoms with van der Waals surface area (Å²) in [6.45, 7) is 2.22. The molecule has 2 aromatic heterocycles. The SMILES string of the molecule is CC(=O)Nc1cccc(-c2cn3nc(NCc4ccccc4)sc3n2)c1. The van der Waals surface area contributed by atoms with E-state index in [9.17, 15) is 4.79 Å². The van der Waals surface area contributed by atoms with E-state index in [1.165, 1.54) is 23.8 Å². The molecule has 4 rings (SSSR count). The number of rotatable bonds is 5. The third-order valence-electron chi connectivity index (χ3n) is 3.81. The molecule has 0 unspecified atom stereocenters. The molecule has 1 amide bonds. The van der Waals surface area contributed by atoms with E-state index in [2.05, 4.69) is 32.8 Å². The zero-order chi connectivity index (χ0) is 17.9. The average Bonchev–Trinajstić information content (AvgIpc) is 3.19. The summed E-state index contributed by atoms with van der Waals surface area (Å²) < 4.78 is 1.78.